The summed E-state index contributed by atoms with van der Waals surface area (Å²) in [4.78, 5) is 15.5. The summed E-state index contributed by atoms with van der Waals surface area (Å²) in [6.07, 6.45) is 1.71. The Hall–Kier alpha value is -3.59. The standard InChI is InChI=1S/C26H27FN2O5S/c1-33-24-14-21(26(30)28-13-12-18-8-4-5-9-19(18)16-28)23(15-25(24)34-2)29(35(3,31)32)17-20-10-6-7-11-22(20)27/h4-11,14-15H,12-13,16-17H2,1-3H3. The molecule has 184 valence electrons. The Kier molecular flexibility index (Phi) is 6.98. The third kappa shape index (κ3) is 5.09. The summed E-state index contributed by atoms with van der Waals surface area (Å²) in [5, 5.41) is 0. The summed E-state index contributed by atoms with van der Waals surface area (Å²) < 4.78 is 52.1. The maximum Gasteiger partial charge on any atom is 0.256 e. The van der Waals surface area contributed by atoms with Crippen LogP contribution in [0.4, 0.5) is 10.1 Å². The molecule has 0 bridgehead atoms. The topological polar surface area (TPSA) is 76.2 Å². The van der Waals surface area contributed by atoms with Crippen LogP contribution in [0.1, 0.15) is 27.0 Å². The lowest BCUT2D eigenvalue weighted by molar-refractivity contribution is 0.0735. The molecular weight excluding hydrogens is 471 g/mol. The van der Waals surface area contributed by atoms with Crippen molar-refractivity contribution in [3.8, 4) is 11.5 Å². The van der Waals surface area contributed by atoms with Gasteiger partial charge < -0.3 is 14.4 Å². The van der Waals surface area contributed by atoms with Gasteiger partial charge in [-0.3, -0.25) is 9.10 Å². The van der Waals surface area contributed by atoms with Gasteiger partial charge in [0, 0.05) is 24.7 Å². The third-order valence-electron chi connectivity index (χ3n) is 6.09. The van der Waals surface area contributed by atoms with Crippen LogP contribution < -0.4 is 13.8 Å². The minimum Gasteiger partial charge on any atom is -0.493 e. The number of sulfonamides is 1. The molecular formula is C26H27FN2O5S. The van der Waals surface area contributed by atoms with E-state index in [2.05, 4.69) is 0 Å². The summed E-state index contributed by atoms with van der Waals surface area (Å²) in [6, 6.07) is 16.8. The Morgan fingerprint density at radius 2 is 1.63 bits per heavy atom. The first-order valence-electron chi connectivity index (χ1n) is 11.1. The molecule has 0 aromatic heterocycles. The van der Waals surface area contributed by atoms with E-state index in [0.29, 0.717) is 19.5 Å². The van der Waals surface area contributed by atoms with Gasteiger partial charge in [0.1, 0.15) is 5.82 Å². The van der Waals surface area contributed by atoms with Crippen molar-refractivity contribution in [1.82, 2.24) is 4.90 Å². The molecule has 0 atom stereocenters. The van der Waals surface area contributed by atoms with Crippen LogP contribution in [0.3, 0.4) is 0 Å². The molecule has 0 saturated carbocycles. The Labute approximate surface area is 204 Å². The fourth-order valence-electron chi connectivity index (χ4n) is 4.25. The largest absolute Gasteiger partial charge is 0.493 e. The average molecular weight is 499 g/mol. The number of amides is 1. The van der Waals surface area contributed by atoms with Crippen LogP contribution in [-0.4, -0.2) is 46.2 Å². The molecule has 0 aliphatic carbocycles. The van der Waals surface area contributed by atoms with Crippen molar-refractivity contribution in [2.24, 2.45) is 0 Å². The van der Waals surface area contributed by atoms with Crippen molar-refractivity contribution >= 4 is 21.6 Å². The molecule has 3 aromatic carbocycles. The summed E-state index contributed by atoms with van der Waals surface area (Å²) >= 11 is 0. The van der Waals surface area contributed by atoms with Crippen molar-refractivity contribution < 1.29 is 27.1 Å². The predicted molar refractivity (Wildman–Crippen MR) is 132 cm³/mol. The number of anilines is 1. The van der Waals surface area contributed by atoms with Gasteiger partial charge in [0.15, 0.2) is 11.5 Å². The number of carbonyl (C=O) groups excluding carboxylic acids is 1. The van der Waals surface area contributed by atoms with Gasteiger partial charge in [-0.2, -0.15) is 0 Å². The van der Waals surface area contributed by atoms with Gasteiger partial charge in [-0.05, 0) is 29.7 Å². The molecule has 7 nitrogen and oxygen atoms in total. The number of nitrogens with zero attached hydrogens (tertiary/aromatic N) is 2. The Bertz CT molecular complexity index is 1360. The minimum absolute atomic E-state index is 0.0947. The molecule has 1 heterocycles. The lowest BCUT2D eigenvalue weighted by Crippen LogP contribution is -2.38. The van der Waals surface area contributed by atoms with E-state index in [1.54, 1.807) is 11.0 Å². The molecule has 0 N–H and O–H groups in total. The first-order chi connectivity index (χ1) is 16.7. The number of methoxy groups -OCH3 is 2. The highest BCUT2D eigenvalue weighted by Gasteiger charge is 2.30. The van der Waals surface area contributed by atoms with E-state index in [-0.39, 0.29) is 40.8 Å². The molecule has 1 aliphatic rings. The number of rotatable bonds is 7. The van der Waals surface area contributed by atoms with Gasteiger partial charge in [-0.1, -0.05) is 42.5 Å². The minimum atomic E-state index is -3.91. The van der Waals surface area contributed by atoms with Crippen molar-refractivity contribution in [2.75, 3.05) is 31.3 Å². The maximum atomic E-state index is 14.5. The SMILES string of the molecule is COc1cc(C(=O)N2CCc3ccccc3C2)c(N(Cc2ccccc2F)S(C)(=O)=O)cc1OC. The summed E-state index contributed by atoms with van der Waals surface area (Å²) in [5.74, 6) is -0.346. The van der Waals surface area contributed by atoms with Crippen molar-refractivity contribution in [2.45, 2.75) is 19.5 Å². The van der Waals surface area contributed by atoms with E-state index in [1.165, 1.54) is 50.1 Å². The molecule has 9 heteroatoms. The third-order valence-corrected chi connectivity index (χ3v) is 7.22. The fourth-order valence-corrected chi connectivity index (χ4v) is 5.13. The van der Waals surface area contributed by atoms with Gasteiger partial charge in [0.25, 0.3) is 5.91 Å². The van der Waals surface area contributed by atoms with E-state index >= 15 is 0 Å². The fraction of sp³-hybridized carbons (Fsp3) is 0.269. The zero-order valence-corrected chi connectivity index (χ0v) is 20.6. The summed E-state index contributed by atoms with van der Waals surface area (Å²) in [6.45, 7) is 0.592. The molecule has 35 heavy (non-hydrogen) atoms. The highest BCUT2D eigenvalue weighted by molar-refractivity contribution is 7.92. The van der Waals surface area contributed by atoms with Crippen molar-refractivity contribution in [3.63, 3.8) is 0 Å². The summed E-state index contributed by atoms with van der Waals surface area (Å²) in [7, 11) is -1.05. The van der Waals surface area contributed by atoms with E-state index in [9.17, 15) is 17.6 Å². The molecule has 0 radical (unpaired) electrons. The summed E-state index contributed by atoms with van der Waals surface area (Å²) in [5.41, 5.74) is 2.63. The smallest absolute Gasteiger partial charge is 0.256 e. The second-order valence-corrected chi connectivity index (χ2v) is 10.2. The quantitative estimate of drug-likeness (QED) is 0.492. The van der Waals surface area contributed by atoms with Crippen molar-refractivity contribution in [1.29, 1.82) is 0 Å². The second-order valence-electron chi connectivity index (χ2n) is 8.33. The number of halogens is 1. The van der Waals surface area contributed by atoms with Crippen LogP contribution in [0.5, 0.6) is 11.5 Å². The van der Waals surface area contributed by atoms with E-state index in [1.807, 2.05) is 24.3 Å². The van der Waals surface area contributed by atoms with E-state index in [0.717, 1.165) is 16.1 Å². The Morgan fingerprint density at radius 3 is 2.29 bits per heavy atom. The Morgan fingerprint density at radius 1 is 1.00 bits per heavy atom. The molecule has 3 aromatic rings. The van der Waals surface area contributed by atoms with Gasteiger partial charge in [0.05, 0.1) is 38.3 Å². The number of hydrogen-bond donors (Lipinski definition) is 0. The highest BCUT2D eigenvalue weighted by atomic mass is 32.2. The van der Waals surface area contributed by atoms with Gasteiger partial charge >= 0.3 is 0 Å². The highest BCUT2D eigenvalue weighted by Crippen LogP contribution is 2.38. The second kappa shape index (κ2) is 9.95. The van der Waals surface area contributed by atoms with Crippen LogP contribution in [0, 0.1) is 5.82 Å². The first-order valence-corrected chi connectivity index (χ1v) is 12.9. The Balaban J connectivity index is 1.82. The monoisotopic (exact) mass is 498 g/mol. The molecule has 0 unspecified atom stereocenters. The van der Waals surface area contributed by atoms with Gasteiger partial charge in [-0.15, -0.1) is 0 Å². The van der Waals surface area contributed by atoms with Crippen LogP contribution in [0.15, 0.2) is 60.7 Å². The maximum absolute atomic E-state index is 14.5. The van der Waals surface area contributed by atoms with Gasteiger partial charge in [0.2, 0.25) is 10.0 Å². The average Bonchev–Trinajstić information content (AvgIpc) is 2.86. The zero-order valence-electron chi connectivity index (χ0n) is 19.8. The normalized spacial score (nSPS) is 13.2. The lowest BCUT2D eigenvalue weighted by atomic mass is 9.99. The number of hydrogen-bond acceptors (Lipinski definition) is 5. The molecule has 1 amide bonds. The van der Waals surface area contributed by atoms with Crippen LogP contribution in [-0.2, 0) is 29.5 Å². The van der Waals surface area contributed by atoms with E-state index < -0.39 is 15.8 Å². The number of fused-ring (bicyclic) bond motifs is 1. The first kappa shape index (κ1) is 24.5. The molecule has 4 rings (SSSR count). The molecule has 0 spiro atoms. The number of benzene rings is 3. The van der Waals surface area contributed by atoms with Gasteiger partial charge in [-0.25, -0.2) is 12.8 Å². The predicted octanol–water partition coefficient (Wildman–Crippen LogP) is 4.01. The number of ether oxygens (including phenoxy) is 2. The molecule has 0 saturated heterocycles. The van der Waals surface area contributed by atoms with Crippen LogP contribution in [0.2, 0.25) is 0 Å². The zero-order chi connectivity index (χ0) is 25.2. The lowest BCUT2D eigenvalue weighted by Gasteiger charge is -2.31. The van der Waals surface area contributed by atoms with Crippen LogP contribution >= 0.6 is 0 Å². The molecule has 0 fully saturated rings. The van der Waals surface area contributed by atoms with E-state index in [4.69, 9.17) is 9.47 Å². The number of carbonyl (C=O) groups is 1. The van der Waals surface area contributed by atoms with Crippen LogP contribution in [0.25, 0.3) is 0 Å². The molecule has 1 aliphatic heterocycles. The van der Waals surface area contributed by atoms with Crippen molar-refractivity contribution in [3.05, 3.63) is 88.7 Å².